The van der Waals surface area contributed by atoms with Gasteiger partial charge in [-0.3, -0.25) is 4.99 Å². The maximum absolute atomic E-state index is 6.32. The lowest BCUT2D eigenvalue weighted by Gasteiger charge is -2.40. The van der Waals surface area contributed by atoms with Crippen LogP contribution in [0.25, 0.3) is 0 Å². The van der Waals surface area contributed by atoms with Crippen LogP contribution in [0.3, 0.4) is 0 Å². The summed E-state index contributed by atoms with van der Waals surface area (Å²) in [6.45, 7) is 14.2. The van der Waals surface area contributed by atoms with Gasteiger partial charge in [0.1, 0.15) is 0 Å². The zero-order valence-corrected chi connectivity index (χ0v) is 22.0. The number of nitrogens with one attached hydrogen (secondary N) is 1. The van der Waals surface area contributed by atoms with Gasteiger partial charge < -0.3 is 31.4 Å². The van der Waals surface area contributed by atoms with Crippen LogP contribution in [-0.2, 0) is 4.74 Å². The van der Waals surface area contributed by atoms with E-state index in [4.69, 9.17) is 16.3 Å². The van der Waals surface area contributed by atoms with Crippen LogP contribution in [-0.4, -0.2) is 84.9 Å². The van der Waals surface area contributed by atoms with Crippen molar-refractivity contribution in [1.82, 2.24) is 10.2 Å². The van der Waals surface area contributed by atoms with Gasteiger partial charge in [0.15, 0.2) is 0 Å². The quantitative estimate of drug-likeness (QED) is 0.454. The molecule has 3 atom stereocenters. The summed E-state index contributed by atoms with van der Waals surface area (Å²) < 4.78 is 5.62. The van der Waals surface area contributed by atoms with E-state index in [1.807, 2.05) is 0 Å². The molecule has 1 aliphatic carbocycles. The van der Waals surface area contributed by atoms with Crippen molar-refractivity contribution in [3.63, 3.8) is 0 Å². The second kappa shape index (κ2) is 18.9. The molecule has 0 amide bonds. The molecule has 1 saturated heterocycles. The molecule has 2 aliphatic heterocycles. The van der Waals surface area contributed by atoms with Crippen LogP contribution in [0, 0.1) is 29.6 Å². The molecule has 0 aromatic carbocycles. The molecule has 7 N–H and O–H groups in total. The molecule has 3 rings (SSSR count). The number of hydrogen-bond acceptors (Lipinski definition) is 4. The fourth-order valence-corrected chi connectivity index (χ4v) is 5.97. The fourth-order valence-electron chi connectivity index (χ4n) is 5.71. The molecule has 8 heteroatoms. The van der Waals surface area contributed by atoms with E-state index in [-0.39, 0.29) is 23.9 Å². The normalized spacial score (nSPS) is 28.7. The second-order valence-electron chi connectivity index (χ2n) is 10.4. The first-order chi connectivity index (χ1) is 14.5. The van der Waals surface area contributed by atoms with Crippen molar-refractivity contribution in [1.29, 1.82) is 0 Å². The zero-order chi connectivity index (χ0) is 21.3. The summed E-state index contributed by atoms with van der Waals surface area (Å²) in [5.41, 5.74) is 0. The van der Waals surface area contributed by atoms with Crippen LogP contribution < -0.4 is 5.32 Å². The number of nitrogens with zero attached hydrogens (tertiary/aromatic N) is 2. The predicted octanol–water partition coefficient (Wildman–Crippen LogP) is 3.02. The second-order valence-corrected chi connectivity index (χ2v) is 11.1. The highest BCUT2D eigenvalue weighted by molar-refractivity contribution is 6.20. The third-order valence-electron chi connectivity index (χ3n) is 7.78. The molecule has 2 heterocycles. The Morgan fingerprint density at radius 2 is 1.65 bits per heavy atom. The Hall–Kier alpha value is -0.280. The maximum Gasteiger partial charge on any atom is 0.0543 e. The van der Waals surface area contributed by atoms with Crippen molar-refractivity contribution in [3.05, 3.63) is 0 Å². The smallest absolute Gasteiger partial charge is 0.0543 e. The first-order valence-corrected chi connectivity index (χ1v) is 13.2. The van der Waals surface area contributed by atoms with Gasteiger partial charge in [0.25, 0.3) is 0 Å². The van der Waals surface area contributed by atoms with Gasteiger partial charge >= 0.3 is 0 Å². The highest BCUT2D eigenvalue weighted by atomic mass is 35.5. The largest absolute Gasteiger partial charge is 0.412 e. The minimum Gasteiger partial charge on any atom is -0.412 e. The van der Waals surface area contributed by atoms with Gasteiger partial charge in [-0.05, 0) is 88.6 Å². The number of hydrogen-bond donors (Lipinski definition) is 1. The van der Waals surface area contributed by atoms with Crippen LogP contribution in [0.4, 0.5) is 0 Å². The monoisotopic (exact) mass is 509 g/mol. The summed E-state index contributed by atoms with van der Waals surface area (Å²) in [5, 5.41) is 4.37. The Bertz CT molecular complexity index is 510. The van der Waals surface area contributed by atoms with E-state index in [1.165, 1.54) is 64.6 Å². The summed E-state index contributed by atoms with van der Waals surface area (Å²) in [7, 11) is 0. The summed E-state index contributed by atoms with van der Waals surface area (Å²) in [6, 6.07) is 0.574. The highest BCUT2D eigenvalue weighted by Gasteiger charge is 2.31. The van der Waals surface area contributed by atoms with E-state index in [9.17, 15) is 0 Å². The number of likely N-dealkylation sites (tertiary alicyclic amines) is 1. The maximum atomic E-state index is 6.32. The molecule has 0 aromatic rings. The van der Waals surface area contributed by atoms with Gasteiger partial charge in [-0.15, -0.1) is 11.6 Å². The first-order valence-electron chi connectivity index (χ1n) is 12.7. The number of ether oxygens (including phenoxy) is 1. The van der Waals surface area contributed by atoms with Crippen molar-refractivity contribution in [2.75, 3.05) is 45.9 Å². The average molecular weight is 510 g/mol. The Labute approximate surface area is 214 Å². The fraction of sp³-hybridized carbons (Fsp3) is 0.962. The van der Waals surface area contributed by atoms with Crippen LogP contribution in [0.1, 0.15) is 73.1 Å². The van der Waals surface area contributed by atoms with Crippen molar-refractivity contribution in [2.45, 2.75) is 84.6 Å². The number of aliphatic imine (C=N–C) groups is 1. The Morgan fingerprint density at radius 3 is 2.24 bits per heavy atom. The third-order valence-corrected chi connectivity index (χ3v) is 8.22. The van der Waals surface area contributed by atoms with Gasteiger partial charge in [-0.25, -0.2) is 0 Å². The van der Waals surface area contributed by atoms with Gasteiger partial charge in [-0.2, -0.15) is 0 Å². The Balaban J connectivity index is 0. The van der Waals surface area contributed by atoms with Crippen molar-refractivity contribution in [3.8, 4) is 0 Å². The molecule has 0 bridgehead atoms. The molecule has 3 aliphatic rings. The third kappa shape index (κ3) is 11.6. The van der Waals surface area contributed by atoms with E-state index in [2.05, 4.69) is 42.2 Å². The SMILES string of the molecule is C.CCOCC1C=NCC(CN[C@@H](CN2CCC(C3CCC(Cl)CC3)CC2)C(C)C)C1.O.O.O. The molecule has 2 fully saturated rings. The Kier molecular flexibility index (Phi) is 20.0. The molecular formula is C26H56ClN3O4. The average Bonchev–Trinajstić information content (AvgIpc) is 2.76. The first kappa shape index (κ1) is 35.9. The van der Waals surface area contributed by atoms with E-state index in [1.54, 1.807) is 0 Å². The van der Waals surface area contributed by atoms with Crippen molar-refractivity contribution < 1.29 is 21.2 Å². The molecule has 1 saturated carbocycles. The predicted molar refractivity (Wildman–Crippen MR) is 146 cm³/mol. The summed E-state index contributed by atoms with van der Waals surface area (Å²) in [4.78, 5) is 7.35. The lowest BCUT2D eigenvalue weighted by molar-refractivity contribution is 0.110. The van der Waals surface area contributed by atoms with E-state index in [0.29, 0.717) is 29.2 Å². The van der Waals surface area contributed by atoms with Gasteiger partial charge in [0.05, 0.1) is 6.61 Å². The van der Waals surface area contributed by atoms with E-state index < -0.39 is 0 Å². The van der Waals surface area contributed by atoms with E-state index in [0.717, 1.165) is 38.1 Å². The highest BCUT2D eigenvalue weighted by Crippen LogP contribution is 2.37. The molecule has 0 aromatic heterocycles. The molecular weight excluding hydrogens is 454 g/mol. The lowest BCUT2D eigenvalue weighted by Crippen LogP contribution is -2.49. The van der Waals surface area contributed by atoms with Gasteiger partial charge in [0.2, 0.25) is 0 Å². The summed E-state index contributed by atoms with van der Waals surface area (Å²) in [5.74, 6) is 3.68. The van der Waals surface area contributed by atoms with Crippen LogP contribution in [0.15, 0.2) is 4.99 Å². The standard InChI is InChI=1S/C25H46ClN3O.CH4.3H2O/c1-4-30-18-21-13-20(14-27-15-21)16-28-25(19(2)3)17-29-11-9-23(10-12-29)22-5-7-24(26)8-6-22;;;;/h15,19-25,28H,4-14,16-18H2,1-3H3;1H4;3*1H2/t20?,21?,22?,24?,25-;;;;/m0..../s1. The molecule has 0 spiro atoms. The lowest BCUT2D eigenvalue weighted by atomic mass is 9.75. The summed E-state index contributed by atoms with van der Waals surface area (Å²) >= 11 is 6.32. The molecule has 206 valence electrons. The number of rotatable bonds is 10. The van der Waals surface area contributed by atoms with Crippen LogP contribution >= 0.6 is 11.6 Å². The topological polar surface area (TPSA) is 131 Å². The molecule has 34 heavy (non-hydrogen) atoms. The zero-order valence-electron chi connectivity index (χ0n) is 21.2. The molecule has 7 nitrogen and oxygen atoms in total. The number of alkyl halides is 1. The Morgan fingerprint density at radius 1 is 1.03 bits per heavy atom. The minimum atomic E-state index is 0. The molecule has 2 unspecified atom stereocenters. The van der Waals surface area contributed by atoms with Gasteiger partial charge in [-0.1, -0.05) is 21.3 Å². The minimum absolute atomic E-state index is 0. The van der Waals surface area contributed by atoms with Crippen molar-refractivity contribution in [2.24, 2.45) is 34.6 Å². The molecule has 0 radical (unpaired) electrons. The summed E-state index contributed by atoms with van der Waals surface area (Å²) in [6.07, 6.45) is 11.3. The number of halogens is 1. The van der Waals surface area contributed by atoms with Crippen LogP contribution in [0.2, 0.25) is 0 Å². The van der Waals surface area contributed by atoms with E-state index >= 15 is 0 Å². The number of piperidine rings is 1. The van der Waals surface area contributed by atoms with Crippen LogP contribution in [0.5, 0.6) is 0 Å². The van der Waals surface area contributed by atoms with Gasteiger partial charge in [0, 0.05) is 49.8 Å². The van der Waals surface area contributed by atoms with Crippen molar-refractivity contribution >= 4 is 17.8 Å².